The quantitative estimate of drug-likeness (QED) is 0.813. The van der Waals surface area contributed by atoms with Crippen LogP contribution in [0.25, 0.3) is 0 Å². The summed E-state index contributed by atoms with van der Waals surface area (Å²) >= 11 is 1.54. The molecular formula is C10H9N3S. The van der Waals surface area contributed by atoms with Crippen molar-refractivity contribution in [1.82, 2.24) is 10.2 Å². The Balaban J connectivity index is 2.20. The summed E-state index contributed by atoms with van der Waals surface area (Å²) in [5, 5.41) is 15.6. The molecule has 0 unspecified atom stereocenters. The summed E-state index contributed by atoms with van der Waals surface area (Å²) < 4.78 is 0. The normalized spacial score (nSPS) is 10.0. The number of nitriles is 1. The van der Waals surface area contributed by atoms with E-state index in [1.807, 2.05) is 25.3 Å². The minimum absolute atomic E-state index is 0.765. The summed E-state index contributed by atoms with van der Waals surface area (Å²) in [5.74, 6) is 0. The molecule has 0 aliphatic carbocycles. The van der Waals surface area contributed by atoms with E-state index in [-0.39, 0.29) is 0 Å². The summed E-state index contributed by atoms with van der Waals surface area (Å²) in [5.41, 5.74) is 2.22. The van der Waals surface area contributed by atoms with Gasteiger partial charge in [-0.1, -0.05) is 0 Å². The van der Waals surface area contributed by atoms with Crippen molar-refractivity contribution in [2.45, 2.75) is 13.3 Å². The number of aromatic nitrogens is 2. The molecule has 2 rings (SSSR count). The highest BCUT2D eigenvalue weighted by molar-refractivity contribution is 7.12. The second kappa shape index (κ2) is 3.64. The molecule has 0 aromatic carbocycles. The van der Waals surface area contributed by atoms with E-state index in [4.69, 9.17) is 5.26 Å². The Hall–Kier alpha value is -1.60. The summed E-state index contributed by atoms with van der Waals surface area (Å²) in [4.78, 5) is 1.96. The summed E-state index contributed by atoms with van der Waals surface area (Å²) in [6, 6.07) is 5.99. The van der Waals surface area contributed by atoms with Crippen molar-refractivity contribution < 1.29 is 0 Å². The van der Waals surface area contributed by atoms with Gasteiger partial charge in [0.25, 0.3) is 0 Å². The second-order valence-electron chi connectivity index (χ2n) is 3.05. The third-order valence-corrected chi connectivity index (χ3v) is 3.06. The average molecular weight is 203 g/mol. The molecule has 3 nitrogen and oxygen atoms in total. The van der Waals surface area contributed by atoms with Gasteiger partial charge in [0, 0.05) is 17.5 Å². The molecule has 2 aromatic rings. The molecule has 0 radical (unpaired) electrons. The molecule has 0 atom stereocenters. The maximum atomic E-state index is 8.67. The van der Waals surface area contributed by atoms with Crippen LogP contribution in [-0.2, 0) is 6.42 Å². The standard InChI is InChI=1S/C10H9N3S/c1-7-8(6-12-13-7)4-9-2-3-10(5-11)14-9/h2-3,6H,4H2,1H3,(H,12,13). The monoisotopic (exact) mass is 203 g/mol. The van der Waals surface area contributed by atoms with E-state index < -0.39 is 0 Å². The predicted molar refractivity (Wildman–Crippen MR) is 55.2 cm³/mol. The number of nitrogens with zero attached hydrogens (tertiary/aromatic N) is 2. The lowest BCUT2D eigenvalue weighted by molar-refractivity contribution is 1.04. The lowest BCUT2D eigenvalue weighted by atomic mass is 10.2. The van der Waals surface area contributed by atoms with Gasteiger partial charge in [-0.2, -0.15) is 10.4 Å². The van der Waals surface area contributed by atoms with Crippen LogP contribution in [0.15, 0.2) is 18.3 Å². The van der Waals surface area contributed by atoms with Crippen LogP contribution in [0, 0.1) is 18.3 Å². The first-order chi connectivity index (χ1) is 6.79. The highest BCUT2D eigenvalue weighted by atomic mass is 32.1. The Bertz CT molecular complexity index is 476. The van der Waals surface area contributed by atoms with Gasteiger partial charge < -0.3 is 0 Å². The Morgan fingerprint density at radius 3 is 3.00 bits per heavy atom. The molecule has 0 fully saturated rings. The number of hydrogen-bond acceptors (Lipinski definition) is 3. The second-order valence-corrected chi connectivity index (χ2v) is 4.22. The van der Waals surface area contributed by atoms with E-state index in [2.05, 4.69) is 16.3 Å². The molecule has 70 valence electrons. The molecule has 0 saturated heterocycles. The summed E-state index contributed by atoms with van der Waals surface area (Å²) in [6.45, 7) is 1.98. The third-order valence-electron chi connectivity index (χ3n) is 2.07. The van der Waals surface area contributed by atoms with Crippen LogP contribution in [0.1, 0.15) is 21.0 Å². The van der Waals surface area contributed by atoms with E-state index in [1.54, 1.807) is 0 Å². The van der Waals surface area contributed by atoms with E-state index >= 15 is 0 Å². The molecule has 0 aliphatic rings. The van der Waals surface area contributed by atoms with Gasteiger partial charge in [0.2, 0.25) is 0 Å². The van der Waals surface area contributed by atoms with Gasteiger partial charge in [-0.3, -0.25) is 5.10 Å². The Morgan fingerprint density at radius 2 is 2.43 bits per heavy atom. The fourth-order valence-corrected chi connectivity index (χ4v) is 2.11. The van der Waals surface area contributed by atoms with Gasteiger partial charge in [-0.05, 0) is 24.6 Å². The lowest BCUT2D eigenvalue weighted by Crippen LogP contribution is -1.84. The first kappa shape index (κ1) is 8.97. The van der Waals surface area contributed by atoms with Gasteiger partial charge in [-0.15, -0.1) is 11.3 Å². The zero-order chi connectivity index (χ0) is 9.97. The van der Waals surface area contributed by atoms with Crippen LogP contribution in [-0.4, -0.2) is 10.2 Å². The number of thiophene rings is 1. The van der Waals surface area contributed by atoms with Crippen LogP contribution in [0.5, 0.6) is 0 Å². The Labute approximate surface area is 86.0 Å². The number of aryl methyl sites for hydroxylation is 1. The number of rotatable bonds is 2. The molecule has 14 heavy (non-hydrogen) atoms. The molecule has 2 aromatic heterocycles. The van der Waals surface area contributed by atoms with Crippen LogP contribution in [0.2, 0.25) is 0 Å². The van der Waals surface area contributed by atoms with E-state index in [0.29, 0.717) is 0 Å². The van der Waals surface area contributed by atoms with E-state index in [1.165, 1.54) is 21.8 Å². The first-order valence-electron chi connectivity index (χ1n) is 4.27. The average Bonchev–Trinajstić information content (AvgIpc) is 2.77. The predicted octanol–water partition coefficient (Wildman–Crippen LogP) is 2.24. The fourth-order valence-electron chi connectivity index (χ4n) is 1.28. The van der Waals surface area contributed by atoms with Gasteiger partial charge in [-0.25, -0.2) is 0 Å². The largest absolute Gasteiger partial charge is 0.285 e. The molecule has 0 spiro atoms. The molecule has 4 heteroatoms. The summed E-state index contributed by atoms with van der Waals surface area (Å²) in [7, 11) is 0. The molecule has 2 heterocycles. The van der Waals surface area contributed by atoms with Crippen LogP contribution < -0.4 is 0 Å². The number of nitrogens with one attached hydrogen (secondary N) is 1. The number of hydrogen-bond donors (Lipinski definition) is 1. The molecular weight excluding hydrogens is 194 g/mol. The van der Waals surface area contributed by atoms with Crippen molar-refractivity contribution in [2.24, 2.45) is 0 Å². The number of H-pyrrole nitrogens is 1. The van der Waals surface area contributed by atoms with Gasteiger partial charge in [0.1, 0.15) is 10.9 Å². The topological polar surface area (TPSA) is 52.5 Å². The van der Waals surface area contributed by atoms with Crippen molar-refractivity contribution in [3.63, 3.8) is 0 Å². The van der Waals surface area contributed by atoms with Crippen molar-refractivity contribution in [3.8, 4) is 6.07 Å². The van der Waals surface area contributed by atoms with Gasteiger partial charge in [0.05, 0.1) is 5.69 Å². The van der Waals surface area contributed by atoms with Crippen LogP contribution in [0.4, 0.5) is 0 Å². The number of aromatic amines is 1. The first-order valence-corrected chi connectivity index (χ1v) is 5.09. The van der Waals surface area contributed by atoms with Crippen molar-refractivity contribution in [3.05, 3.63) is 39.3 Å². The molecule has 0 saturated carbocycles. The Kier molecular flexibility index (Phi) is 2.33. The van der Waals surface area contributed by atoms with Crippen molar-refractivity contribution in [2.75, 3.05) is 0 Å². The van der Waals surface area contributed by atoms with E-state index in [0.717, 1.165) is 17.0 Å². The maximum Gasteiger partial charge on any atom is 0.110 e. The highest BCUT2D eigenvalue weighted by Gasteiger charge is 2.04. The minimum atomic E-state index is 0.765. The smallest absolute Gasteiger partial charge is 0.110 e. The van der Waals surface area contributed by atoms with Crippen molar-refractivity contribution >= 4 is 11.3 Å². The Morgan fingerprint density at radius 1 is 1.57 bits per heavy atom. The van der Waals surface area contributed by atoms with Crippen LogP contribution >= 0.6 is 11.3 Å². The maximum absolute atomic E-state index is 8.67. The molecule has 1 N–H and O–H groups in total. The third kappa shape index (κ3) is 1.68. The fraction of sp³-hybridized carbons (Fsp3) is 0.200. The van der Waals surface area contributed by atoms with E-state index in [9.17, 15) is 0 Å². The highest BCUT2D eigenvalue weighted by Crippen LogP contribution is 2.19. The van der Waals surface area contributed by atoms with Crippen molar-refractivity contribution in [1.29, 1.82) is 5.26 Å². The summed E-state index contributed by atoms with van der Waals surface area (Å²) in [6.07, 6.45) is 2.76. The molecule has 0 bridgehead atoms. The van der Waals surface area contributed by atoms with Gasteiger partial charge in [0.15, 0.2) is 0 Å². The van der Waals surface area contributed by atoms with Gasteiger partial charge >= 0.3 is 0 Å². The minimum Gasteiger partial charge on any atom is -0.285 e. The zero-order valence-corrected chi connectivity index (χ0v) is 8.56. The zero-order valence-electron chi connectivity index (χ0n) is 7.74. The molecule has 0 amide bonds. The van der Waals surface area contributed by atoms with Crippen LogP contribution in [0.3, 0.4) is 0 Å². The SMILES string of the molecule is Cc1n[nH]cc1Cc1ccc(C#N)s1. The lowest BCUT2D eigenvalue weighted by Gasteiger charge is -1.93. The molecule has 0 aliphatic heterocycles.